The van der Waals surface area contributed by atoms with Crippen LogP contribution in [0, 0.1) is 17.2 Å². The summed E-state index contributed by atoms with van der Waals surface area (Å²) in [5.74, 6) is -0.434. The van der Waals surface area contributed by atoms with Crippen molar-refractivity contribution in [2.75, 3.05) is 11.9 Å². The van der Waals surface area contributed by atoms with Gasteiger partial charge in [0.15, 0.2) is 6.10 Å². The van der Waals surface area contributed by atoms with Crippen LogP contribution in [0.3, 0.4) is 0 Å². The number of carbonyl (C=O) groups is 2. The van der Waals surface area contributed by atoms with Crippen molar-refractivity contribution in [3.63, 3.8) is 0 Å². The molecule has 0 aliphatic rings. The predicted molar refractivity (Wildman–Crippen MR) is 131 cm³/mol. The van der Waals surface area contributed by atoms with Crippen LogP contribution in [-0.2, 0) is 20.9 Å². The van der Waals surface area contributed by atoms with Crippen LogP contribution in [0.2, 0.25) is 0 Å². The molecule has 0 aliphatic heterocycles. The number of rotatable bonds is 10. The molecule has 0 saturated heterocycles. The van der Waals surface area contributed by atoms with Gasteiger partial charge in [0, 0.05) is 5.69 Å². The molecule has 0 aliphatic carbocycles. The zero-order valence-corrected chi connectivity index (χ0v) is 19.4. The fourth-order valence-electron chi connectivity index (χ4n) is 3.43. The maximum Gasteiger partial charge on any atom is 0.412 e. The van der Waals surface area contributed by atoms with E-state index in [1.165, 1.54) is 0 Å². The normalized spacial score (nSPS) is 12.5. The standard InChI is InChI=1S/C27H29N3O4/c1-19(2)14-25(26(31)29-24(16-28)18-33-17-20-8-4-3-5-9-20)34-27(32)30-23-13-12-21-10-6-7-11-22(21)15-23/h3-13,15,19,24-25H,14,17-18H2,1-2H3,(H,29,31)(H,30,32)/t24-,25+/m1/s1. The number of nitriles is 1. The first-order chi connectivity index (χ1) is 16.4. The number of anilines is 1. The fraction of sp³-hybridized carbons (Fsp3) is 0.296. The minimum Gasteiger partial charge on any atom is -0.436 e. The van der Waals surface area contributed by atoms with Gasteiger partial charge in [-0.25, -0.2) is 4.79 Å². The quantitative estimate of drug-likeness (QED) is 0.443. The van der Waals surface area contributed by atoms with E-state index in [4.69, 9.17) is 9.47 Å². The van der Waals surface area contributed by atoms with Gasteiger partial charge in [-0.15, -0.1) is 0 Å². The van der Waals surface area contributed by atoms with Crippen LogP contribution in [0.5, 0.6) is 0 Å². The Morgan fingerprint density at radius 2 is 1.68 bits per heavy atom. The summed E-state index contributed by atoms with van der Waals surface area (Å²) in [7, 11) is 0. The van der Waals surface area contributed by atoms with Crippen molar-refractivity contribution in [3.05, 3.63) is 78.4 Å². The van der Waals surface area contributed by atoms with Crippen LogP contribution in [-0.4, -0.2) is 30.8 Å². The summed E-state index contributed by atoms with van der Waals surface area (Å²) in [6.45, 7) is 4.20. The Morgan fingerprint density at radius 1 is 0.971 bits per heavy atom. The second-order valence-corrected chi connectivity index (χ2v) is 8.40. The lowest BCUT2D eigenvalue weighted by Crippen LogP contribution is -2.45. The Kier molecular flexibility index (Phi) is 9.01. The van der Waals surface area contributed by atoms with Crippen LogP contribution in [0.25, 0.3) is 10.8 Å². The van der Waals surface area contributed by atoms with Crippen molar-refractivity contribution in [1.29, 1.82) is 5.26 Å². The highest BCUT2D eigenvalue weighted by Gasteiger charge is 2.26. The molecule has 0 radical (unpaired) electrons. The highest BCUT2D eigenvalue weighted by Crippen LogP contribution is 2.19. The number of nitrogens with one attached hydrogen (secondary N) is 2. The van der Waals surface area contributed by atoms with Crippen LogP contribution in [0.4, 0.5) is 10.5 Å². The predicted octanol–water partition coefficient (Wildman–Crippen LogP) is 5.03. The first kappa shape index (κ1) is 24.7. The molecule has 3 rings (SSSR count). The molecule has 3 aromatic carbocycles. The van der Waals surface area contributed by atoms with Gasteiger partial charge in [0.05, 0.1) is 19.3 Å². The van der Waals surface area contributed by atoms with E-state index in [9.17, 15) is 14.9 Å². The van der Waals surface area contributed by atoms with E-state index in [-0.39, 0.29) is 12.5 Å². The third-order valence-electron chi connectivity index (χ3n) is 5.09. The maximum absolute atomic E-state index is 12.8. The lowest BCUT2D eigenvalue weighted by atomic mass is 10.1. The van der Waals surface area contributed by atoms with Gasteiger partial charge >= 0.3 is 6.09 Å². The van der Waals surface area contributed by atoms with E-state index in [1.54, 1.807) is 6.07 Å². The summed E-state index contributed by atoms with van der Waals surface area (Å²) in [6, 6.07) is 24.0. The zero-order valence-electron chi connectivity index (χ0n) is 19.4. The molecule has 2 atom stereocenters. The van der Waals surface area contributed by atoms with E-state index in [0.717, 1.165) is 16.3 Å². The molecule has 0 aromatic heterocycles. The Balaban J connectivity index is 1.56. The fourth-order valence-corrected chi connectivity index (χ4v) is 3.43. The van der Waals surface area contributed by atoms with Crippen LogP contribution in [0.15, 0.2) is 72.8 Å². The van der Waals surface area contributed by atoms with E-state index in [1.807, 2.05) is 86.6 Å². The average Bonchev–Trinajstić information content (AvgIpc) is 2.83. The molecular weight excluding hydrogens is 430 g/mol. The van der Waals surface area contributed by atoms with Gasteiger partial charge in [-0.05, 0) is 40.8 Å². The molecule has 0 spiro atoms. The second kappa shape index (κ2) is 12.4. The smallest absolute Gasteiger partial charge is 0.412 e. The van der Waals surface area contributed by atoms with Gasteiger partial charge in [-0.3, -0.25) is 10.1 Å². The van der Waals surface area contributed by atoms with Crippen molar-refractivity contribution >= 4 is 28.5 Å². The molecular formula is C27H29N3O4. The van der Waals surface area contributed by atoms with Gasteiger partial charge in [-0.1, -0.05) is 74.5 Å². The minimum absolute atomic E-state index is 0.0226. The van der Waals surface area contributed by atoms with Gasteiger partial charge in [0.2, 0.25) is 0 Å². The Morgan fingerprint density at radius 3 is 2.38 bits per heavy atom. The van der Waals surface area contributed by atoms with Crippen molar-refractivity contribution < 1.29 is 19.1 Å². The molecule has 176 valence electrons. The molecule has 2 N–H and O–H groups in total. The molecule has 0 bridgehead atoms. The Bertz CT molecular complexity index is 1140. The number of hydrogen-bond donors (Lipinski definition) is 2. The molecule has 0 saturated carbocycles. The largest absolute Gasteiger partial charge is 0.436 e. The minimum atomic E-state index is -1.04. The molecule has 2 amide bonds. The molecule has 7 heteroatoms. The lowest BCUT2D eigenvalue weighted by Gasteiger charge is -2.21. The van der Waals surface area contributed by atoms with E-state index >= 15 is 0 Å². The first-order valence-corrected chi connectivity index (χ1v) is 11.2. The molecule has 7 nitrogen and oxygen atoms in total. The van der Waals surface area contributed by atoms with Crippen LogP contribution < -0.4 is 10.6 Å². The molecule has 34 heavy (non-hydrogen) atoms. The van der Waals surface area contributed by atoms with Crippen LogP contribution in [0.1, 0.15) is 25.8 Å². The third kappa shape index (κ3) is 7.61. The molecule has 3 aromatic rings. The number of nitrogens with zero attached hydrogens (tertiary/aromatic N) is 1. The van der Waals surface area contributed by atoms with Crippen LogP contribution >= 0.6 is 0 Å². The topological polar surface area (TPSA) is 100 Å². The molecule has 0 unspecified atom stereocenters. The number of fused-ring (bicyclic) bond motifs is 1. The summed E-state index contributed by atoms with van der Waals surface area (Å²) in [6.07, 6.45) is -1.45. The lowest BCUT2D eigenvalue weighted by molar-refractivity contribution is -0.130. The van der Waals surface area contributed by atoms with Gasteiger partial charge in [0.1, 0.15) is 6.04 Å². The molecule has 0 heterocycles. The highest BCUT2D eigenvalue weighted by molar-refractivity contribution is 5.92. The van der Waals surface area contributed by atoms with Crippen molar-refractivity contribution in [1.82, 2.24) is 5.32 Å². The first-order valence-electron chi connectivity index (χ1n) is 11.2. The highest BCUT2D eigenvalue weighted by atomic mass is 16.6. The number of hydrogen-bond acceptors (Lipinski definition) is 5. The number of benzene rings is 3. The number of amides is 2. The summed E-state index contributed by atoms with van der Waals surface area (Å²) in [5, 5.41) is 16.8. The van der Waals surface area contributed by atoms with E-state index < -0.39 is 24.1 Å². The second-order valence-electron chi connectivity index (χ2n) is 8.40. The summed E-state index contributed by atoms with van der Waals surface area (Å²) >= 11 is 0. The van der Waals surface area contributed by atoms with Gasteiger partial charge < -0.3 is 14.8 Å². The summed E-state index contributed by atoms with van der Waals surface area (Å²) in [5.41, 5.74) is 1.54. The summed E-state index contributed by atoms with van der Waals surface area (Å²) in [4.78, 5) is 25.3. The monoisotopic (exact) mass is 459 g/mol. The Labute approximate surface area is 199 Å². The van der Waals surface area contributed by atoms with E-state index in [2.05, 4.69) is 10.6 Å². The van der Waals surface area contributed by atoms with Gasteiger partial charge in [-0.2, -0.15) is 5.26 Å². The third-order valence-corrected chi connectivity index (χ3v) is 5.09. The Hall–Kier alpha value is -3.89. The summed E-state index contributed by atoms with van der Waals surface area (Å²) < 4.78 is 11.0. The number of carbonyl (C=O) groups excluding carboxylic acids is 2. The zero-order chi connectivity index (χ0) is 24.3. The maximum atomic E-state index is 12.8. The van der Waals surface area contributed by atoms with Gasteiger partial charge in [0.25, 0.3) is 5.91 Å². The SMILES string of the molecule is CC(C)C[C@H](OC(=O)Nc1ccc2ccccc2c1)C(=O)N[C@H](C#N)COCc1ccccc1. The van der Waals surface area contributed by atoms with Crippen molar-refractivity contribution in [2.24, 2.45) is 5.92 Å². The average molecular weight is 460 g/mol. The van der Waals surface area contributed by atoms with Crippen molar-refractivity contribution in [2.45, 2.75) is 39.0 Å². The van der Waals surface area contributed by atoms with Crippen molar-refractivity contribution in [3.8, 4) is 6.07 Å². The molecule has 0 fully saturated rings. The number of ether oxygens (including phenoxy) is 2. The van der Waals surface area contributed by atoms with E-state index in [0.29, 0.717) is 18.7 Å².